The minimum atomic E-state index is -0.780. The summed E-state index contributed by atoms with van der Waals surface area (Å²) in [5.74, 6) is -1.37. The highest BCUT2D eigenvalue weighted by Gasteiger charge is 2.24. The minimum absolute atomic E-state index is 0.0743. The van der Waals surface area contributed by atoms with Gasteiger partial charge in [0.15, 0.2) is 0 Å². The zero-order valence-corrected chi connectivity index (χ0v) is 21.2. The molecule has 0 aliphatic heterocycles. The van der Waals surface area contributed by atoms with Crippen molar-refractivity contribution in [1.82, 2.24) is 16.0 Å². The molecule has 0 saturated heterocycles. The molecule has 0 aromatic heterocycles. The third-order valence-corrected chi connectivity index (χ3v) is 4.74. The molecule has 0 bridgehead atoms. The fourth-order valence-electron chi connectivity index (χ4n) is 2.84. The summed E-state index contributed by atoms with van der Waals surface area (Å²) in [7, 11) is 0. The van der Waals surface area contributed by atoms with Crippen molar-refractivity contribution < 1.29 is 28.7 Å². The number of benzene rings is 1. The Morgan fingerprint density at radius 3 is 2.34 bits per heavy atom. The van der Waals surface area contributed by atoms with E-state index in [4.69, 9.17) is 15.2 Å². The number of rotatable bonds is 15. The maximum atomic E-state index is 12.6. The number of ether oxygens (including phenoxy) is 2. The molecule has 0 fully saturated rings. The van der Waals surface area contributed by atoms with Crippen LogP contribution in [-0.2, 0) is 30.5 Å². The predicted octanol–water partition coefficient (Wildman–Crippen LogP) is 0.671. The van der Waals surface area contributed by atoms with Gasteiger partial charge in [0.1, 0.15) is 25.0 Å². The molecule has 196 valence electrons. The Hall–Kier alpha value is -3.18. The van der Waals surface area contributed by atoms with E-state index >= 15 is 0 Å². The van der Waals surface area contributed by atoms with Gasteiger partial charge in [0.25, 0.3) is 0 Å². The van der Waals surface area contributed by atoms with E-state index in [-0.39, 0.29) is 63.1 Å². The summed E-state index contributed by atoms with van der Waals surface area (Å²) in [5, 5.41) is 10.9. The van der Waals surface area contributed by atoms with Crippen LogP contribution < -0.4 is 31.7 Å². The molecule has 0 aliphatic carbocycles. The third kappa shape index (κ3) is 11.7. The second-order valence-corrected chi connectivity index (χ2v) is 8.57. The third-order valence-electron chi connectivity index (χ3n) is 4.74. The summed E-state index contributed by atoms with van der Waals surface area (Å²) in [6.45, 7) is 9.51. The maximum Gasteiger partial charge on any atom is 0.305 e. The van der Waals surface area contributed by atoms with Crippen molar-refractivity contribution in [2.75, 3.05) is 31.6 Å². The van der Waals surface area contributed by atoms with E-state index in [1.807, 2.05) is 13.8 Å². The van der Waals surface area contributed by atoms with Gasteiger partial charge >= 0.3 is 5.97 Å². The standard InChI is InChI=1S/C24H39N5O6/c1-6-22(32)35-14-17-7-8-18(19(11-17)34-10-9-25)28-20(30)13-27-24(33)23(15(2)3)29-21(31)12-26-16(4)5/h7-8,11,15-16,23,26H,6,9-10,12-14,25H2,1-5H3,(H,27,33)(H,28,30)(H,29,31). The van der Waals surface area contributed by atoms with Gasteiger partial charge < -0.3 is 36.5 Å². The van der Waals surface area contributed by atoms with Crippen molar-refractivity contribution in [1.29, 1.82) is 0 Å². The molecule has 11 heteroatoms. The van der Waals surface area contributed by atoms with Crippen LogP contribution in [0.4, 0.5) is 5.69 Å². The molecule has 11 nitrogen and oxygen atoms in total. The second kappa shape index (κ2) is 15.7. The number of nitrogens with two attached hydrogens (primary N) is 1. The minimum Gasteiger partial charge on any atom is -0.490 e. The average molecular weight is 494 g/mol. The van der Waals surface area contributed by atoms with Crippen LogP contribution >= 0.6 is 0 Å². The predicted molar refractivity (Wildman–Crippen MR) is 133 cm³/mol. The van der Waals surface area contributed by atoms with Gasteiger partial charge in [-0.3, -0.25) is 19.2 Å². The Morgan fingerprint density at radius 2 is 1.74 bits per heavy atom. The van der Waals surface area contributed by atoms with Crippen LogP contribution in [-0.4, -0.2) is 62.0 Å². The molecular formula is C24H39N5O6. The molecule has 35 heavy (non-hydrogen) atoms. The monoisotopic (exact) mass is 493 g/mol. The van der Waals surface area contributed by atoms with Crippen molar-refractivity contribution >= 4 is 29.4 Å². The molecule has 1 rings (SSSR count). The van der Waals surface area contributed by atoms with Gasteiger partial charge in [-0.1, -0.05) is 40.7 Å². The van der Waals surface area contributed by atoms with Crippen molar-refractivity contribution in [3.8, 4) is 5.75 Å². The van der Waals surface area contributed by atoms with E-state index in [0.29, 0.717) is 17.0 Å². The van der Waals surface area contributed by atoms with E-state index in [0.717, 1.165) is 0 Å². The van der Waals surface area contributed by atoms with E-state index in [1.54, 1.807) is 39.0 Å². The largest absolute Gasteiger partial charge is 0.490 e. The lowest BCUT2D eigenvalue weighted by atomic mass is 10.0. The Morgan fingerprint density at radius 1 is 1.03 bits per heavy atom. The number of esters is 1. The Labute approximate surface area is 206 Å². The fraction of sp³-hybridized carbons (Fsp3) is 0.583. The van der Waals surface area contributed by atoms with E-state index in [2.05, 4.69) is 21.3 Å². The Balaban J connectivity index is 2.74. The maximum absolute atomic E-state index is 12.6. The van der Waals surface area contributed by atoms with Crippen LogP contribution in [0.25, 0.3) is 0 Å². The van der Waals surface area contributed by atoms with Crippen LogP contribution in [0.15, 0.2) is 18.2 Å². The fourth-order valence-corrected chi connectivity index (χ4v) is 2.84. The molecule has 0 heterocycles. The van der Waals surface area contributed by atoms with Gasteiger partial charge in [0, 0.05) is 19.0 Å². The molecule has 0 saturated carbocycles. The van der Waals surface area contributed by atoms with Gasteiger partial charge in [0.05, 0.1) is 18.8 Å². The molecule has 0 spiro atoms. The van der Waals surface area contributed by atoms with Crippen LogP contribution in [0.2, 0.25) is 0 Å². The zero-order valence-electron chi connectivity index (χ0n) is 21.2. The topological polar surface area (TPSA) is 161 Å². The number of hydrogen-bond acceptors (Lipinski definition) is 8. The summed E-state index contributed by atoms with van der Waals surface area (Å²) in [5.41, 5.74) is 6.59. The van der Waals surface area contributed by atoms with Crippen LogP contribution in [0, 0.1) is 5.92 Å². The first-order valence-electron chi connectivity index (χ1n) is 11.8. The highest BCUT2D eigenvalue weighted by molar-refractivity contribution is 5.97. The van der Waals surface area contributed by atoms with Crippen LogP contribution in [0.3, 0.4) is 0 Å². The number of amides is 3. The SMILES string of the molecule is CCC(=O)OCc1ccc(NC(=O)CNC(=O)C(NC(=O)CNC(C)C)C(C)C)c(OCCN)c1. The molecule has 1 atom stereocenters. The van der Waals surface area contributed by atoms with Gasteiger partial charge in [0.2, 0.25) is 17.7 Å². The number of nitrogens with one attached hydrogen (secondary N) is 4. The van der Waals surface area contributed by atoms with Gasteiger partial charge in [-0.15, -0.1) is 0 Å². The Bertz CT molecular complexity index is 859. The molecule has 3 amide bonds. The number of carbonyl (C=O) groups is 4. The number of carbonyl (C=O) groups excluding carboxylic acids is 4. The first kappa shape index (κ1) is 29.9. The quantitative estimate of drug-likeness (QED) is 0.223. The van der Waals surface area contributed by atoms with Crippen molar-refractivity contribution in [3.05, 3.63) is 23.8 Å². The van der Waals surface area contributed by atoms with Gasteiger partial charge in [-0.05, 0) is 23.6 Å². The van der Waals surface area contributed by atoms with Gasteiger partial charge in [-0.25, -0.2) is 0 Å². The normalized spacial score (nSPS) is 11.7. The first-order valence-corrected chi connectivity index (χ1v) is 11.8. The molecule has 1 aromatic rings. The zero-order chi connectivity index (χ0) is 26.4. The van der Waals surface area contributed by atoms with Crippen molar-refractivity contribution in [3.63, 3.8) is 0 Å². The highest BCUT2D eigenvalue weighted by atomic mass is 16.5. The van der Waals surface area contributed by atoms with Crippen molar-refractivity contribution in [2.45, 2.75) is 59.7 Å². The summed E-state index contributed by atoms with van der Waals surface area (Å²) in [6.07, 6.45) is 0.270. The molecule has 1 unspecified atom stereocenters. The lowest BCUT2D eigenvalue weighted by molar-refractivity contribution is -0.144. The Kier molecular flexibility index (Phi) is 13.4. The lowest BCUT2D eigenvalue weighted by Crippen LogP contribution is -2.52. The number of anilines is 1. The molecule has 0 aliphatic rings. The summed E-state index contributed by atoms with van der Waals surface area (Å²) < 4.78 is 10.7. The van der Waals surface area contributed by atoms with E-state index in [1.165, 1.54) is 0 Å². The lowest BCUT2D eigenvalue weighted by Gasteiger charge is -2.22. The number of hydrogen-bond donors (Lipinski definition) is 5. The molecule has 6 N–H and O–H groups in total. The summed E-state index contributed by atoms with van der Waals surface area (Å²) in [6, 6.07) is 4.33. The van der Waals surface area contributed by atoms with E-state index in [9.17, 15) is 19.2 Å². The first-order chi connectivity index (χ1) is 16.6. The van der Waals surface area contributed by atoms with E-state index < -0.39 is 17.9 Å². The smallest absolute Gasteiger partial charge is 0.305 e. The van der Waals surface area contributed by atoms with Crippen LogP contribution in [0.5, 0.6) is 5.75 Å². The molecule has 1 aromatic carbocycles. The molecular weight excluding hydrogens is 454 g/mol. The van der Waals surface area contributed by atoms with Crippen molar-refractivity contribution in [2.24, 2.45) is 11.7 Å². The van der Waals surface area contributed by atoms with Gasteiger partial charge in [-0.2, -0.15) is 0 Å². The molecule has 0 radical (unpaired) electrons. The average Bonchev–Trinajstić information content (AvgIpc) is 2.82. The second-order valence-electron chi connectivity index (χ2n) is 8.57. The summed E-state index contributed by atoms with van der Waals surface area (Å²) in [4.78, 5) is 48.6. The highest BCUT2D eigenvalue weighted by Crippen LogP contribution is 2.26. The van der Waals surface area contributed by atoms with Crippen LogP contribution in [0.1, 0.15) is 46.6 Å². The summed E-state index contributed by atoms with van der Waals surface area (Å²) >= 11 is 0.